The molecule has 0 aliphatic heterocycles. The van der Waals surface area contributed by atoms with Crippen LogP contribution in [0, 0.1) is 6.92 Å². The largest absolute Gasteiger partial charge is 0.378 e. The molecule has 2 heteroatoms. The zero-order chi connectivity index (χ0) is 14.5. The molecule has 0 amide bonds. The maximum absolute atomic E-state index is 3.60. The van der Waals surface area contributed by atoms with Crippen molar-refractivity contribution in [3.05, 3.63) is 63.6 Å². The van der Waals surface area contributed by atoms with E-state index in [4.69, 9.17) is 0 Å². The quantitative estimate of drug-likeness (QED) is 0.720. The highest BCUT2D eigenvalue weighted by Crippen LogP contribution is 2.27. The van der Waals surface area contributed by atoms with Crippen LogP contribution in [0.15, 0.2) is 46.9 Å². The van der Waals surface area contributed by atoms with E-state index in [0.29, 0.717) is 6.04 Å². The molecule has 2 aromatic rings. The number of hydrogen-bond acceptors (Lipinski definition) is 1. The zero-order valence-corrected chi connectivity index (χ0v) is 14.0. The van der Waals surface area contributed by atoms with Crippen molar-refractivity contribution in [3.8, 4) is 0 Å². The summed E-state index contributed by atoms with van der Waals surface area (Å²) < 4.78 is 1.11. The maximum Gasteiger partial charge on any atom is 0.0491 e. The van der Waals surface area contributed by atoms with Crippen molar-refractivity contribution < 1.29 is 0 Å². The molecule has 0 radical (unpaired) electrons. The van der Waals surface area contributed by atoms with Crippen molar-refractivity contribution in [1.29, 1.82) is 0 Å². The summed E-state index contributed by atoms with van der Waals surface area (Å²) in [5.41, 5.74) is 5.15. The number of anilines is 1. The van der Waals surface area contributed by atoms with Gasteiger partial charge in [-0.1, -0.05) is 43.7 Å². The van der Waals surface area contributed by atoms with Crippen LogP contribution in [0.4, 0.5) is 5.69 Å². The fourth-order valence-electron chi connectivity index (χ4n) is 2.33. The smallest absolute Gasteiger partial charge is 0.0491 e. The molecule has 0 heterocycles. The molecule has 2 aromatic carbocycles. The third-order valence-electron chi connectivity index (χ3n) is 3.51. The van der Waals surface area contributed by atoms with Crippen LogP contribution in [0.1, 0.15) is 43.0 Å². The monoisotopic (exact) mass is 331 g/mol. The molecule has 0 aromatic heterocycles. The molecule has 106 valence electrons. The Kier molecular flexibility index (Phi) is 5.24. The Labute approximate surface area is 130 Å². The lowest BCUT2D eigenvalue weighted by Gasteiger charge is -2.18. The summed E-state index contributed by atoms with van der Waals surface area (Å²) in [5, 5.41) is 3.57. The summed E-state index contributed by atoms with van der Waals surface area (Å²) in [6.45, 7) is 6.53. The van der Waals surface area contributed by atoms with Gasteiger partial charge in [-0.15, -0.1) is 0 Å². The van der Waals surface area contributed by atoms with Crippen molar-refractivity contribution in [2.45, 2.75) is 39.7 Å². The Hall–Kier alpha value is -1.28. The lowest BCUT2D eigenvalue weighted by Crippen LogP contribution is -2.07. The molecular weight excluding hydrogens is 310 g/mol. The van der Waals surface area contributed by atoms with E-state index >= 15 is 0 Å². The highest BCUT2D eigenvalue weighted by molar-refractivity contribution is 9.10. The third kappa shape index (κ3) is 3.86. The first-order chi connectivity index (χ1) is 9.60. The van der Waals surface area contributed by atoms with E-state index in [1.54, 1.807) is 0 Å². The maximum atomic E-state index is 3.60. The Morgan fingerprint density at radius 1 is 1.10 bits per heavy atom. The predicted molar refractivity (Wildman–Crippen MR) is 91.4 cm³/mol. The first-order valence-corrected chi connectivity index (χ1v) is 8.01. The Morgan fingerprint density at radius 3 is 2.45 bits per heavy atom. The van der Waals surface area contributed by atoms with Gasteiger partial charge >= 0.3 is 0 Å². The molecule has 0 bridgehead atoms. The van der Waals surface area contributed by atoms with Crippen LogP contribution in [0.25, 0.3) is 0 Å². The molecule has 0 saturated carbocycles. The SMILES string of the molecule is CCCc1ccc(C(C)Nc2cc(C)ccc2Br)cc1. The van der Waals surface area contributed by atoms with Crippen LogP contribution in [0.2, 0.25) is 0 Å². The number of hydrogen-bond donors (Lipinski definition) is 1. The molecule has 20 heavy (non-hydrogen) atoms. The molecule has 0 saturated heterocycles. The van der Waals surface area contributed by atoms with Crippen LogP contribution in [-0.4, -0.2) is 0 Å². The summed E-state index contributed by atoms with van der Waals surface area (Å²) in [6.07, 6.45) is 2.36. The molecule has 0 fully saturated rings. The second-order valence-electron chi connectivity index (χ2n) is 5.34. The summed E-state index contributed by atoms with van der Waals surface area (Å²) in [6, 6.07) is 15.6. The molecule has 2 rings (SSSR count). The van der Waals surface area contributed by atoms with Gasteiger partial charge in [0.2, 0.25) is 0 Å². The highest BCUT2D eigenvalue weighted by atomic mass is 79.9. The van der Waals surface area contributed by atoms with Gasteiger partial charge in [-0.05, 0) is 65.0 Å². The molecule has 0 spiro atoms. The molecule has 1 unspecified atom stereocenters. The minimum atomic E-state index is 0.295. The van der Waals surface area contributed by atoms with E-state index < -0.39 is 0 Å². The Morgan fingerprint density at radius 2 is 1.80 bits per heavy atom. The third-order valence-corrected chi connectivity index (χ3v) is 4.20. The fraction of sp³-hybridized carbons (Fsp3) is 0.333. The first kappa shape index (κ1) is 15.1. The van der Waals surface area contributed by atoms with Crippen molar-refractivity contribution in [2.24, 2.45) is 0 Å². The second-order valence-corrected chi connectivity index (χ2v) is 6.20. The molecule has 1 atom stereocenters. The van der Waals surface area contributed by atoms with Crippen molar-refractivity contribution in [1.82, 2.24) is 0 Å². The van der Waals surface area contributed by atoms with Gasteiger partial charge in [0.25, 0.3) is 0 Å². The number of aryl methyl sites for hydroxylation is 2. The van der Waals surface area contributed by atoms with E-state index in [-0.39, 0.29) is 0 Å². The highest BCUT2D eigenvalue weighted by Gasteiger charge is 2.07. The fourth-order valence-corrected chi connectivity index (χ4v) is 2.69. The molecule has 1 nitrogen and oxygen atoms in total. The number of nitrogens with one attached hydrogen (secondary N) is 1. The topological polar surface area (TPSA) is 12.0 Å². The normalized spacial score (nSPS) is 12.2. The van der Waals surface area contributed by atoms with Gasteiger partial charge in [0.15, 0.2) is 0 Å². The van der Waals surface area contributed by atoms with Gasteiger partial charge in [-0.25, -0.2) is 0 Å². The van der Waals surface area contributed by atoms with Crippen molar-refractivity contribution in [3.63, 3.8) is 0 Å². The van der Waals surface area contributed by atoms with Gasteiger partial charge in [0, 0.05) is 16.2 Å². The molecule has 0 aliphatic rings. The first-order valence-electron chi connectivity index (χ1n) is 7.21. The van der Waals surface area contributed by atoms with Gasteiger partial charge < -0.3 is 5.32 Å². The average Bonchev–Trinajstić information content (AvgIpc) is 2.44. The van der Waals surface area contributed by atoms with E-state index in [2.05, 4.69) is 84.5 Å². The molecule has 1 N–H and O–H groups in total. The van der Waals surface area contributed by atoms with Gasteiger partial charge in [-0.2, -0.15) is 0 Å². The predicted octanol–water partition coefficient (Wildman–Crippen LogP) is 5.88. The lowest BCUT2D eigenvalue weighted by molar-refractivity contribution is 0.875. The molecule has 0 aliphatic carbocycles. The molecular formula is C18H22BrN. The van der Waals surface area contributed by atoms with Gasteiger partial charge in [0.05, 0.1) is 0 Å². The summed E-state index contributed by atoms with van der Waals surface area (Å²) in [5.74, 6) is 0. The lowest BCUT2D eigenvalue weighted by atomic mass is 10.0. The zero-order valence-electron chi connectivity index (χ0n) is 12.4. The number of rotatable bonds is 5. The Balaban J connectivity index is 2.11. The van der Waals surface area contributed by atoms with E-state index in [0.717, 1.165) is 16.6 Å². The average molecular weight is 332 g/mol. The number of halogens is 1. The van der Waals surface area contributed by atoms with E-state index in [1.807, 2.05) is 0 Å². The second kappa shape index (κ2) is 6.94. The standard InChI is InChI=1S/C18H22BrN/c1-4-5-15-7-9-16(10-8-15)14(3)20-18-12-13(2)6-11-17(18)19/h6-12,14,20H,4-5H2,1-3H3. The van der Waals surface area contributed by atoms with E-state index in [9.17, 15) is 0 Å². The van der Waals surface area contributed by atoms with Crippen LogP contribution in [0.5, 0.6) is 0 Å². The van der Waals surface area contributed by atoms with Gasteiger partial charge in [-0.3, -0.25) is 0 Å². The van der Waals surface area contributed by atoms with Crippen LogP contribution in [-0.2, 0) is 6.42 Å². The number of benzene rings is 2. The van der Waals surface area contributed by atoms with Crippen molar-refractivity contribution in [2.75, 3.05) is 5.32 Å². The minimum Gasteiger partial charge on any atom is -0.378 e. The van der Waals surface area contributed by atoms with Crippen LogP contribution < -0.4 is 5.32 Å². The van der Waals surface area contributed by atoms with Crippen LogP contribution >= 0.6 is 15.9 Å². The van der Waals surface area contributed by atoms with Crippen LogP contribution in [0.3, 0.4) is 0 Å². The van der Waals surface area contributed by atoms with Gasteiger partial charge in [0.1, 0.15) is 0 Å². The van der Waals surface area contributed by atoms with E-state index in [1.165, 1.54) is 23.1 Å². The minimum absolute atomic E-state index is 0.295. The summed E-state index contributed by atoms with van der Waals surface area (Å²) in [4.78, 5) is 0. The Bertz CT molecular complexity index is 560. The summed E-state index contributed by atoms with van der Waals surface area (Å²) >= 11 is 3.60. The summed E-state index contributed by atoms with van der Waals surface area (Å²) in [7, 11) is 0. The van der Waals surface area contributed by atoms with Crippen molar-refractivity contribution >= 4 is 21.6 Å².